The molecule has 17 heavy (non-hydrogen) atoms. The molecule has 2 rings (SSSR count). The van der Waals surface area contributed by atoms with Crippen molar-refractivity contribution < 1.29 is 0 Å². The Hall–Kier alpha value is -0.980. The third-order valence-corrected chi connectivity index (χ3v) is 3.70. The molecule has 1 heteroatoms. The molecule has 0 bridgehead atoms. The Labute approximate surface area is 106 Å². The second kappa shape index (κ2) is 5.12. The fraction of sp³-hybridized carbons (Fsp3) is 0.625. The summed E-state index contributed by atoms with van der Waals surface area (Å²) in [5.74, 6) is 0. The van der Waals surface area contributed by atoms with Crippen molar-refractivity contribution >= 4 is 5.69 Å². The third kappa shape index (κ3) is 3.24. The molecular weight excluding hydrogens is 206 g/mol. The van der Waals surface area contributed by atoms with E-state index in [4.69, 9.17) is 0 Å². The maximum Gasteiger partial charge on any atom is 0.0366 e. The van der Waals surface area contributed by atoms with Crippen LogP contribution in [0.25, 0.3) is 0 Å². The van der Waals surface area contributed by atoms with Crippen LogP contribution < -0.4 is 4.90 Å². The Kier molecular flexibility index (Phi) is 3.76. The van der Waals surface area contributed by atoms with Crippen LogP contribution in [0.4, 0.5) is 5.69 Å². The average molecular weight is 231 g/mol. The van der Waals surface area contributed by atoms with Gasteiger partial charge in [0.1, 0.15) is 0 Å². The highest BCUT2D eigenvalue weighted by molar-refractivity contribution is 5.48. The summed E-state index contributed by atoms with van der Waals surface area (Å²) in [5, 5.41) is 0. The number of rotatable bonds is 1. The Morgan fingerprint density at radius 3 is 1.82 bits per heavy atom. The smallest absolute Gasteiger partial charge is 0.0366 e. The van der Waals surface area contributed by atoms with Gasteiger partial charge in [-0.3, -0.25) is 0 Å². The van der Waals surface area contributed by atoms with Crippen molar-refractivity contribution in [3.8, 4) is 0 Å². The quantitative estimate of drug-likeness (QED) is 0.694. The van der Waals surface area contributed by atoms with Crippen LogP contribution in [0.5, 0.6) is 0 Å². The molecule has 0 aromatic heterocycles. The van der Waals surface area contributed by atoms with Crippen LogP contribution in [0.1, 0.15) is 52.0 Å². The summed E-state index contributed by atoms with van der Waals surface area (Å²) >= 11 is 0. The van der Waals surface area contributed by atoms with E-state index in [-0.39, 0.29) is 5.41 Å². The minimum absolute atomic E-state index is 0.261. The Morgan fingerprint density at radius 2 is 1.35 bits per heavy atom. The van der Waals surface area contributed by atoms with Crippen molar-refractivity contribution in [2.24, 2.45) is 0 Å². The van der Waals surface area contributed by atoms with E-state index in [1.807, 2.05) is 0 Å². The number of hydrogen-bond donors (Lipinski definition) is 0. The van der Waals surface area contributed by atoms with Gasteiger partial charge in [0.25, 0.3) is 0 Å². The summed E-state index contributed by atoms with van der Waals surface area (Å²) in [7, 11) is 0. The van der Waals surface area contributed by atoms with Crippen LogP contribution in [-0.4, -0.2) is 13.1 Å². The first-order chi connectivity index (χ1) is 8.07. The van der Waals surface area contributed by atoms with Gasteiger partial charge < -0.3 is 4.90 Å². The number of hydrogen-bond acceptors (Lipinski definition) is 1. The Bertz CT molecular complexity index is 337. The largest absolute Gasteiger partial charge is 0.372 e. The van der Waals surface area contributed by atoms with Crippen LogP contribution >= 0.6 is 0 Å². The lowest BCUT2D eigenvalue weighted by molar-refractivity contribution is 0.590. The van der Waals surface area contributed by atoms with Crippen LogP contribution in [-0.2, 0) is 5.41 Å². The predicted octanol–water partition coefficient (Wildman–Crippen LogP) is 4.36. The van der Waals surface area contributed by atoms with E-state index in [2.05, 4.69) is 49.9 Å². The van der Waals surface area contributed by atoms with E-state index in [1.54, 1.807) is 0 Å². The minimum Gasteiger partial charge on any atom is -0.372 e. The fourth-order valence-electron chi connectivity index (χ4n) is 2.50. The van der Waals surface area contributed by atoms with Gasteiger partial charge in [0.15, 0.2) is 0 Å². The maximum atomic E-state index is 2.54. The molecule has 0 atom stereocenters. The van der Waals surface area contributed by atoms with E-state index in [0.717, 1.165) is 0 Å². The van der Waals surface area contributed by atoms with Gasteiger partial charge in [0, 0.05) is 18.8 Å². The molecular formula is C16H25N. The number of anilines is 1. The van der Waals surface area contributed by atoms with E-state index in [0.29, 0.717) is 0 Å². The zero-order valence-corrected chi connectivity index (χ0v) is 11.5. The highest BCUT2D eigenvalue weighted by Crippen LogP contribution is 2.26. The van der Waals surface area contributed by atoms with Crippen LogP contribution in [0.2, 0.25) is 0 Å². The third-order valence-electron chi connectivity index (χ3n) is 3.70. The Balaban J connectivity index is 2.11. The van der Waals surface area contributed by atoms with E-state index in [1.165, 1.54) is 50.0 Å². The first-order valence-corrected chi connectivity index (χ1v) is 6.93. The summed E-state index contributed by atoms with van der Waals surface area (Å²) in [6.45, 7) is 9.28. The first kappa shape index (κ1) is 12.5. The Morgan fingerprint density at radius 1 is 0.824 bits per heavy atom. The lowest BCUT2D eigenvalue weighted by Gasteiger charge is -2.25. The summed E-state index contributed by atoms with van der Waals surface area (Å²) < 4.78 is 0. The molecule has 0 spiro atoms. The molecule has 1 saturated heterocycles. The highest BCUT2D eigenvalue weighted by Gasteiger charge is 2.14. The van der Waals surface area contributed by atoms with Crippen molar-refractivity contribution in [2.45, 2.75) is 51.9 Å². The number of nitrogens with zero attached hydrogens (tertiary/aromatic N) is 1. The molecule has 0 N–H and O–H groups in total. The predicted molar refractivity (Wildman–Crippen MR) is 75.8 cm³/mol. The van der Waals surface area contributed by atoms with Crippen LogP contribution in [0.15, 0.2) is 24.3 Å². The lowest BCUT2D eigenvalue weighted by Crippen LogP contribution is -2.23. The summed E-state index contributed by atoms with van der Waals surface area (Å²) in [6, 6.07) is 9.18. The molecule has 1 heterocycles. The molecule has 1 aromatic carbocycles. The summed E-state index contributed by atoms with van der Waals surface area (Å²) in [5.41, 5.74) is 3.09. The maximum absolute atomic E-state index is 2.54. The normalized spacial score (nSPS) is 17.9. The number of benzene rings is 1. The molecule has 0 radical (unpaired) electrons. The molecule has 1 aliphatic heterocycles. The second-order valence-electron chi connectivity index (χ2n) is 6.20. The monoisotopic (exact) mass is 231 g/mol. The molecule has 94 valence electrons. The van der Waals surface area contributed by atoms with Crippen LogP contribution in [0.3, 0.4) is 0 Å². The van der Waals surface area contributed by atoms with Gasteiger partial charge in [-0.05, 0) is 36.0 Å². The first-order valence-electron chi connectivity index (χ1n) is 6.93. The van der Waals surface area contributed by atoms with Gasteiger partial charge in [-0.15, -0.1) is 0 Å². The zero-order valence-electron chi connectivity index (χ0n) is 11.5. The second-order valence-corrected chi connectivity index (χ2v) is 6.20. The standard InChI is InChI=1S/C16H25N/c1-16(2,3)14-8-10-15(11-9-14)17-12-6-4-5-7-13-17/h8-11H,4-7,12-13H2,1-3H3. The highest BCUT2D eigenvalue weighted by atomic mass is 15.1. The molecule has 0 saturated carbocycles. The van der Waals surface area contributed by atoms with Gasteiger partial charge in [-0.2, -0.15) is 0 Å². The van der Waals surface area contributed by atoms with Crippen molar-refractivity contribution in [3.63, 3.8) is 0 Å². The summed E-state index contributed by atoms with van der Waals surface area (Å²) in [4.78, 5) is 2.54. The molecule has 0 amide bonds. The van der Waals surface area contributed by atoms with Gasteiger partial charge in [0.05, 0.1) is 0 Å². The molecule has 0 unspecified atom stereocenters. The van der Waals surface area contributed by atoms with Crippen molar-refractivity contribution in [3.05, 3.63) is 29.8 Å². The SMILES string of the molecule is CC(C)(C)c1ccc(N2CCCCCC2)cc1. The van der Waals surface area contributed by atoms with E-state index >= 15 is 0 Å². The minimum atomic E-state index is 0.261. The molecule has 1 nitrogen and oxygen atoms in total. The van der Waals surface area contributed by atoms with Crippen molar-refractivity contribution in [2.75, 3.05) is 18.0 Å². The molecule has 0 aliphatic carbocycles. The zero-order chi connectivity index (χ0) is 12.3. The van der Waals surface area contributed by atoms with Crippen molar-refractivity contribution in [1.29, 1.82) is 0 Å². The topological polar surface area (TPSA) is 3.24 Å². The van der Waals surface area contributed by atoms with Gasteiger partial charge in [-0.25, -0.2) is 0 Å². The molecule has 1 fully saturated rings. The van der Waals surface area contributed by atoms with Gasteiger partial charge in [-0.1, -0.05) is 45.7 Å². The van der Waals surface area contributed by atoms with E-state index in [9.17, 15) is 0 Å². The van der Waals surface area contributed by atoms with Gasteiger partial charge in [0.2, 0.25) is 0 Å². The average Bonchev–Trinajstić information content (AvgIpc) is 2.56. The van der Waals surface area contributed by atoms with Crippen molar-refractivity contribution in [1.82, 2.24) is 0 Å². The van der Waals surface area contributed by atoms with Gasteiger partial charge >= 0.3 is 0 Å². The summed E-state index contributed by atoms with van der Waals surface area (Å²) in [6.07, 6.45) is 5.50. The fourth-order valence-corrected chi connectivity index (χ4v) is 2.50. The molecule has 1 aromatic rings. The lowest BCUT2D eigenvalue weighted by atomic mass is 9.87. The van der Waals surface area contributed by atoms with E-state index < -0.39 is 0 Å². The van der Waals surface area contributed by atoms with Crippen LogP contribution in [0, 0.1) is 0 Å². The molecule has 1 aliphatic rings.